The SMILES string of the molecule is COc1ccc(-c2onc(C)c2C)cc1S(=O)(=O)CCC(=O)Nc1c(C)cc(C)cc1C. The van der Waals surface area contributed by atoms with Gasteiger partial charge >= 0.3 is 0 Å². The third-order valence-electron chi connectivity index (χ3n) is 5.46. The Bertz CT molecular complexity index is 1250. The fourth-order valence-corrected chi connectivity index (χ4v) is 5.10. The summed E-state index contributed by atoms with van der Waals surface area (Å²) in [5.41, 5.74) is 5.84. The number of benzene rings is 2. The first-order valence-electron chi connectivity index (χ1n) is 10.2. The third-order valence-corrected chi connectivity index (χ3v) is 7.19. The lowest BCUT2D eigenvalue weighted by atomic mass is 10.1. The van der Waals surface area contributed by atoms with Crippen LogP contribution < -0.4 is 10.1 Å². The number of sulfone groups is 1. The predicted octanol–water partition coefficient (Wildman–Crippen LogP) is 4.69. The second-order valence-corrected chi connectivity index (χ2v) is 10.1. The molecular formula is C24H28N2O5S. The van der Waals surface area contributed by atoms with Crippen molar-refractivity contribution in [3.63, 3.8) is 0 Å². The molecule has 0 aliphatic heterocycles. The first-order valence-corrected chi connectivity index (χ1v) is 11.9. The summed E-state index contributed by atoms with van der Waals surface area (Å²) in [6.07, 6.45) is -0.178. The minimum absolute atomic E-state index is 0.0152. The molecule has 170 valence electrons. The predicted molar refractivity (Wildman–Crippen MR) is 124 cm³/mol. The Morgan fingerprint density at radius 2 is 1.72 bits per heavy atom. The Morgan fingerprint density at radius 1 is 1.06 bits per heavy atom. The first kappa shape index (κ1) is 23.5. The largest absolute Gasteiger partial charge is 0.495 e. The van der Waals surface area contributed by atoms with E-state index in [1.54, 1.807) is 12.1 Å². The first-order chi connectivity index (χ1) is 15.0. The van der Waals surface area contributed by atoms with Crippen molar-refractivity contribution in [2.75, 3.05) is 18.2 Å². The molecule has 3 rings (SSSR count). The zero-order chi connectivity index (χ0) is 23.6. The summed E-state index contributed by atoms with van der Waals surface area (Å²) >= 11 is 0. The van der Waals surface area contributed by atoms with E-state index in [0.717, 1.165) is 27.9 Å². The number of methoxy groups -OCH3 is 1. The summed E-state index contributed by atoms with van der Waals surface area (Å²) in [4.78, 5) is 12.6. The van der Waals surface area contributed by atoms with E-state index >= 15 is 0 Å². The highest BCUT2D eigenvalue weighted by Crippen LogP contribution is 2.33. The van der Waals surface area contributed by atoms with Crippen LogP contribution >= 0.6 is 0 Å². The molecule has 0 atom stereocenters. The van der Waals surface area contributed by atoms with Gasteiger partial charge in [0, 0.05) is 23.2 Å². The van der Waals surface area contributed by atoms with Gasteiger partial charge in [0.2, 0.25) is 5.91 Å². The maximum absolute atomic E-state index is 13.1. The molecule has 0 spiro atoms. The minimum Gasteiger partial charge on any atom is -0.495 e. The van der Waals surface area contributed by atoms with Gasteiger partial charge in [-0.05, 0) is 63.9 Å². The van der Waals surface area contributed by atoms with E-state index in [0.29, 0.717) is 17.0 Å². The third kappa shape index (κ3) is 4.85. The standard InChI is InChI=1S/C24H28N2O5S/c1-14-11-15(2)23(16(3)12-14)25-22(27)9-10-32(28,29)21-13-19(7-8-20(21)30-6)24-17(4)18(5)26-31-24/h7-8,11-13H,9-10H2,1-6H3,(H,25,27). The molecule has 1 N–H and O–H groups in total. The van der Waals surface area contributed by atoms with Crippen molar-refractivity contribution < 1.29 is 22.5 Å². The lowest BCUT2D eigenvalue weighted by Crippen LogP contribution is -2.19. The summed E-state index contributed by atoms with van der Waals surface area (Å²) in [6.45, 7) is 9.49. The molecule has 0 aliphatic rings. The maximum atomic E-state index is 13.1. The second-order valence-electron chi connectivity index (χ2n) is 7.98. The Morgan fingerprint density at radius 3 is 2.28 bits per heavy atom. The lowest BCUT2D eigenvalue weighted by molar-refractivity contribution is -0.115. The van der Waals surface area contributed by atoms with Gasteiger partial charge in [0.05, 0.1) is 18.6 Å². The lowest BCUT2D eigenvalue weighted by Gasteiger charge is -2.14. The number of aryl methyl sites for hydroxylation is 4. The molecule has 8 heteroatoms. The number of amides is 1. The molecule has 32 heavy (non-hydrogen) atoms. The van der Waals surface area contributed by atoms with Crippen molar-refractivity contribution in [2.24, 2.45) is 0 Å². The molecule has 1 aromatic heterocycles. The summed E-state index contributed by atoms with van der Waals surface area (Å²) in [7, 11) is -2.39. The topological polar surface area (TPSA) is 98.5 Å². The van der Waals surface area contributed by atoms with Crippen LogP contribution in [0.5, 0.6) is 5.75 Å². The van der Waals surface area contributed by atoms with Crippen molar-refractivity contribution in [2.45, 2.75) is 45.9 Å². The average Bonchev–Trinajstić information content (AvgIpc) is 3.07. The summed E-state index contributed by atoms with van der Waals surface area (Å²) in [5.74, 6) is 0.00944. The molecule has 0 radical (unpaired) electrons. The van der Waals surface area contributed by atoms with Crippen molar-refractivity contribution in [1.29, 1.82) is 0 Å². The van der Waals surface area contributed by atoms with Crippen LogP contribution in [0.3, 0.4) is 0 Å². The molecule has 1 amide bonds. The number of aromatic nitrogens is 1. The van der Waals surface area contributed by atoms with Crippen LogP contribution in [0.1, 0.15) is 34.4 Å². The summed E-state index contributed by atoms with van der Waals surface area (Å²) in [5, 5.41) is 6.79. The molecule has 0 fully saturated rings. The van der Waals surface area contributed by atoms with Crippen LogP contribution in [0.15, 0.2) is 39.8 Å². The molecule has 3 aromatic rings. The molecule has 2 aromatic carbocycles. The van der Waals surface area contributed by atoms with Crippen LogP contribution in [-0.2, 0) is 14.6 Å². The molecular weight excluding hydrogens is 428 g/mol. The number of carbonyl (C=O) groups excluding carboxylic acids is 1. The summed E-state index contributed by atoms with van der Waals surface area (Å²) in [6, 6.07) is 8.76. The second kappa shape index (κ2) is 9.16. The van der Waals surface area contributed by atoms with Crippen molar-refractivity contribution >= 4 is 21.4 Å². The fourth-order valence-electron chi connectivity index (χ4n) is 3.66. The zero-order valence-electron chi connectivity index (χ0n) is 19.2. The number of nitrogens with one attached hydrogen (secondary N) is 1. The molecule has 0 unspecified atom stereocenters. The van der Waals surface area contributed by atoms with Gasteiger partial charge in [-0.2, -0.15) is 0 Å². The normalized spacial score (nSPS) is 11.4. The quantitative estimate of drug-likeness (QED) is 0.554. The van der Waals surface area contributed by atoms with Gasteiger partial charge in [-0.3, -0.25) is 4.79 Å². The Kier molecular flexibility index (Phi) is 6.74. The van der Waals surface area contributed by atoms with Gasteiger partial charge in [0.25, 0.3) is 0 Å². The maximum Gasteiger partial charge on any atom is 0.225 e. The molecule has 7 nitrogen and oxygen atoms in total. The number of hydrogen-bond donors (Lipinski definition) is 1. The van der Waals surface area contributed by atoms with Crippen LogP contribution in [0.25, 0.3) is 11.3 Å². The smallest absolute Gasteiger partial charge is 0.225 e. The Labute approximate surface area is 188 Å². The van der Waals surface area contributed by atoms with Gasteiger partial charge in [0.15, 0.2) is 15.6 Å². The Hall–Kier alpha value is -3.13. The highest BCUT2D eigenvalue weighted by Gasteiger charge is 2.23. The van der Waals surface area contributed by atoms with Gasteiger partial charge in [0.1, 0.15) is 10.6 Å². The van der Waals surface area contributed by atoms with E-state index in [2.05, 4.69) is 10.5 Å². The van der Waals surface area contributed by atoms with E-state index in [9.17, 15) is 13.2 Å². The van der Waals surface area contributed by atoms with Crippen LogP contribution in [-0.4, -0.2) is 32.3 Å². The summed E-state index contributed by atoms with van der Waals surface area (Å²) < 4.78 is 36.9. The number of nitrogens with zero attached hydrogens (tertiary/aromatic N) is 1. The van der Waals surface area contributed by atoms with Crippen LogP contribution in [0.4, 0.5) is 5.69 Å². The van der Waals surface area contributed by atoms with Crippen molar-refractivity contribution in [3.8, 4) is 17.1 Å². The van der Waals surface area contributed by atoms with E-state index < -0.39 is 9.84 Å². The highest BCUT2D eigenvalue weighted by atomic mass is 32.2. The molecule has 0 aliphatic carbocycles. The fraction of sp³-hybridized carbons (Fsp3) is 0.333. The van der Waals surface area contributed by atoms with Crippen molar-refractivity contribution in [3.05, 3.63) is 58.3 Å². The molecule has 0 saturated heterocycles. The molecule has 1 heterocycles. The van der Waals surface area contributed by atoms with Gasteiger partial charge in [-0.1, -0.05) is 22.9 Å². The zero-order valence-corrected chi connectivity index (χ0v) is 20.0. The van der Waals surface area contributed by atoms with Crippen molar-refractivity contribution in [1.82, 2.24) is 5.16 Å². The van der Waals surface area contributed by atoms with E-state index in [1.807, 2.05) is 46.8 Å². The van der Waals surface area contributed by atoms with E-state index in [1.165, 1.54) is 13.2 Å². The Balaban J connectivity index is 1.82. The van der Waals surface area contributed by atoms with Crippen LogP contribution in [0.2, 0.25) is 0 Å². The molecule has 0 saturated carbocycles. The van der Waals surface area contributed by atoms with Gasteiger partial charge < -0.3 is 14.6 Å². The minimum atomic E-state index is -3.80. The highest BCUT2D eigenvalue weighted by molar-refractivity contribution is 7.91. The number of anilines is 1. The van der Waals surface area contributed by atoms with E-state index in [4.69, 9.17) is 9.26 Å². The number of ether oxygens (including phenoxy) is 1. The van der Waals surface area contributed by atoms with Gasteiger partial charge in [-0.15, -0.1) is 0 Å². The number of carbonyl (C=O) groups is 1. The monoisotopic (exact) mass is 456 g/mol. The molecule has 0 bridgehead atoms. The number of rotatable bonds is 7. The van der Waals surface area contributed by atoms with Crippen LogP contribution in [0, 0.1) is 34.6 Å². The number of hydrogen-bond acceptors (Lipinski definition) is 6. The average molecular weight is 457 g/mol. The van der Waals surface area contributed by atoms with Gasteiger partial charge in [-0.25, -0.2) is 8.42 Å². The van der Waals surface area contributed by atoms with E-state index in [-0.39, 0.29) is 28.7 Å².